The first kappa shape index (κ1) is 14.4. The molecule has 1 aromatic rings. The van der Waals surface area contributed by atoms with Crippen molar-refractivity contribution in [1.29, 1.82) is 0 Å². The Hall–Kier alpha value is -0.580. The molecule has 2 nitrogen and oxygen atoms in total. The van der Waals surface area contributed by atoms with Gasteiger partial charge in [-0.2, -0.15) is 0 Å². The van der Waals surface area contributed by atoms with Gasteiger partial charge in [-0.15, -0.1) is 13.2 Å². The van der Waals surface area contributed by atoms with E-state index in [1.54, 1.807) is 0 Å². The average molecular weight is 318 g/mol. The third-order valence-electron chi connectivity index (χ3n) is 2.74. The molecule has 0 amide bonds. The Balaban J connectivity index is 0.00000196. The lowest BCUT2D eigenvalue weighted by Crippen LogP contribution is -3.00. The first-order valence-corrected chi connectivity index (χ1v) is 4.91. The van der Waals surface area contributed by atoms with Gasteiger partial charge < -0.3 is 24.0 Å². The highest BCUT2D eigenvalue weighted by Crippen LogP contribution is 2.14. The van der Waals surface area contributed by atoms with Crippen molar-refractivity contribution in [3.63, 3.8) is 0 Å². The van der Waals surface area contributed by atoms with Gasteiger partial charge >= 0.3 is 0 Å². The van der Waals surface area contributed by atoms with Crippen LogP contribution in [0.5, 0.6) is 0 Å². The molecule has 1 heterocycles. The van der Waals surface area contributed by atoms with Gasteiger partial charge in [0.25, 0.3) is 0 Å². The number of imidazole rings is 1. The monoisotopic (exact) mass is 318 g/mol. The van der Waals surface area contributed by atoms with Crippen LogP contribution >= 0.6 is 0 Å². The van der Waals surface area contributed by atoms with Crippen LogP contribution in [-0.4, -0.2) is 9.13 Å². The highest BCUT2D eigenvalue weighted by Gasteiger charge is 2.19. The van der Waals surface area contributed by atoms with Crippen molar-refractivity contribution in [2.24, 2.45) is 0 Å². The summed E-state index contributed by atoms with van der Waals surface area (Å²) >= 11 is 0. The second kappa shape index (κ2) is 6.10. The largest absolute Gasteiger partial charge is 1.00 e. The van der Waals surface area contributed by atoms with Crippen LogP contribution in [0.3, 0.4) is 0 Å². The van der Waals surface area contributed by atoms with E-state index < -0.39 is 0 Å². The highest BCUT2D eigenvalue weighted by molar-refractivity contribution is 5.17. The summed E-state index contributed by atoms with van der Waals surface area (Å²) < 4.78 is 4.54. The van der Waals surface area contributed by atoms with Gasteiger partial charge in [0.2, 0.25) is 0 Å². The van der Waals surface area contributed by atoms with Crippen LogP contribution in [0.2, 0.25) is 0 Å². The fraction of sp³-hybridized carbons (Fsp3) is 0.417. The van der Waals surface area contributed by atoms with Gasteiger partial charge in [0.05, 0.1) is 13.1 Å². The molecule has 1 aromatic heterocycles. The maximum Gasteiger partial charge on any atom is 0.186 e. The second-order valence-electron chi connectivity index (χ2n) is 3.52. The third kappa shape index (κ3) is 2.71. The summed E-state index contributed by atoms with van der Waals surface area (Å²) in [5, 5.41) is 0. The zero-order valence-corrected chi connectivity index (χ0v) is 11.9. The minimum atomic E-state index is 0. The molecule has 0 aliphatic heterocycles. The quantitative estimate of drug-likeness (QED) is 0.416. The molecule has 84 valence electrons. The molecule has 3 heteroatoms. The Morgan fingerprint density at radius 2 is 1.40 bits per heavy atom. The van der Waals surface area contributed by atoms with E-state index in [9.17, 15) is 0 Å². The number of hydrogen-bond acceptors (Lipinski definition) is 0. The van der Waals surface area contributed by atoms with Gasteiger partial charge in [0.15, 0.2) is 17.2 Å². The molecule has 0 fully saturated rings. The van der Waals surface area contributed by atoms with E-state index in [4.69, 9.17) is 0 Å². The fourth-order valence-electron chi connectivity index (χ4n) is 1.82. The van der Waals surface area contributed by atoms with Crippen LogP contribution in [0.4, 0.5) is 0 Å². The molecule has 0 unspecified atom stereocenters. The Morgan fingerprint density at radius 1 is 1.07 bits per heavy atom. The lowest BCUT2D eigenvalue weighted by atomic mass is 10.3. The molecule has 0 atom stereocenters. The van der Waals surface area contributed by atoms with Crippen LogP contribution in [0.1, 0.15) is 17.2 Å². The number of rotatable bonds is 4. The maximum absolute atomic E-state index is 3.77. The summed E-state index contributed by atoms with van der Waals surface area (Å²) in [5.41, 5.74) is 2.62. The van der Waals surface area contributed by atoms with Crippen molar-refractivity contribution in [3.8, 4) is 0 Å². The van der Waals surface area contributed by atoms with E-state index in [2.05, 4.69) is 43.1 Å². The first-order valence-electron chi connectivity index (χ1n) is 4.91. The normalized spacial score (nSPS) is 9.53. The van der Waals surface area contributed by atoms with Crippen LogP contribution in [0.15, 0.2) is 25.3 Å². The van der Waals surface area contributed by atoms with E-state index in [0.29, 0.717) is 0 Å². The number of hydrogen-bond donors (Lipinski definition) is 0. The molecule has 0 aliphatic rings. The summed E-state index contributed by atoms with van der Waals surface area (Å²) in [6.45, 7) is 15.7. The number of aromatic nitrogens is 2. The Bertz CT molecular complexity index is 331. The number of halogens is 1. The molecule has 0 aromatic carbocycles. The molecule has 0 bridgehead atoms. The minimum absolute atomic E-state index is 0. The van der Waals surface area contributed by atoms with Crippen LogP contribution in [0, 0.1) is 20.8 Å². The van der Waals surface area contributed by atoms with Crippen molar-refractivity contribution < 1.29 is 24.0 Å². The number of allylic oxidation sites excluding steroid dienone is 2. The predicted octanol–water partition coefficient (Wildman–Crippen LogP) is -0.128. The van der Waals surface area contributed by atoms with Crippen LogP contribution in [0.25, 0.3) is 0 Å². The first-order chi connectivity index (χ1) is 6.63. The molecule has 1 rings (SSSR count). The van der Waals surface area contributed by atoms with Crippen molar-refractivity contribution in [1.82, 2.24) is 9.13 Å². The molecule has 0 aliphatic carbocycles. The topological polar surface area (TPSA) is 9.86 Å². The van der Waals surface area contributed by atoms with Crippen LogP contribution < -0.4 is 24.0 Å². The van der Waals surface area contributed by atoms with E-state index >= 15 is 0 Å². The summed E-state index contributed by atoms with van der Waals surface area (Å²) in [4.78, 5) is 0. The summed E-state index contributed by atoms with van der Waals surface area (Å²) in [6.07, 6.45) is 3.86. The zero-order valence-electron chi connectivity index (χ0n) is 9.76. The third-order valence-corrected chi connectivity index (χ3v) is 2.74. The minimum Gasteiger partial charge on any atom is -1.00 e. The standard InChI is InChI=1S/C12H19N2.HI/c1-6-8-13-10(3)11(4)14(9-7-2)12(13)5;/h6-7H,1-2,8-9H2,3-5H3;1H/q+1;/p-1. The zero-order chi connectivity index (χ0) is 10.7. The predicted molar refractivity (Wildman–Crippen MR) is 61.4 cm³/mol. The van der Waals surface area contributed by atoms with Crippen molar-refractivity contribution >= 4 is 0 Å². The molecule has 0 radical (unpaired) electrons. The molecule has 0 saturated carbocycles. The van der Waals surface area contributed by atoms with Gasteiger partial charge in [-0.3, -0.25) is 0 Å². The molecule has 0 spiro atoms. The van der Waals surface area contributed by atoms with Crippen LogP contribution in [-0.2, 0) is 13.1 Å². The molecule has 0 saturated heterocycles. The van der Waals surface area contributed by atoms with E-state index in [1.165, 1.54) is 17.2 Å². The SMILES string of the molecule is C=CCn1c(C)c(C)n(CC=C)[c+]1C.[I-]. The molecular formula is C12H19IN2. The second-order valence-corrected chi connectivity index (χ2v) is 3.52. The maximum atomic E-state index is 3.77. The van der Waals surface area contributed by atoms with Crippen molar-refractivity contribution in [2.45, 2.75) is 33.9 Å². The van der Waals surface area contributed by atoms with Gasteiger partial charge in [0.1, 0.15) is 0 Å². The smallest absolute Gasteiger partial charge is 0.186 e. The van der Waals surface area contributed by atoms with Crippen molar-refractivity contribution in [3.05, 3.63) is 42.5 Å². The average Bonchev–Trinajstić information content (AvgIpc) is 2.36. The van der Waals surface area contributed by atoms with Crippen molar-refractivity contribution in [2.75, 3.05) is 0 Å². The Morgan fingerprint density at radius 3 is 1.67 bits per heavy atom. The number of nitrogens with zero attached hydrogens (tertiary/aromatic N) is 2. The summed E-state index contributed by atoms with van der Waals surface area (Å²) in [5.74, 6) is 1.26. The highest BCUT2D eigenvalue weighted by atomic mass is 127. The van der Waals surface area contributed by atoms with Gasteiger partial charge in [-0.05, 0) is 0 Å². The summed E-state index contributed by atoms with van der Waals surface area (Å²) in [7, 11) is 0. The van der Waals surface area contributed by atoms with Gasteiger partial charge in [-0.25, -0.2) is 9.13 Å². The fourth-order valence-corrected chi connectivity index (χ4v) is 1.82. The summed E-state index contributed by atoms with van der Waals surface area (Å²) in [6, 6.07) is 0. The molecule has 15 heavy (non-hydrogen) atoms. The van der Waals surface area contributed by atoms with E-state index in [1.807, 2.05) is 12.2 Å². The molecule has 0 N–H and O–H groups in total. The van der Waals surface area contributed by atoms with E-state index in [0.717, 1.165) is 13.1 Å². The molecular weight excluding hydrogens is 299 g/mol. The van der Waals surface area contributed by atoms with Gasteiger partial charge in [0, 0.05) is 20.8 Å². The Labute approximate surface area is 109 Å². The van der Waals surface area contributed by atoms with E-state index in [-0.39, 0.29) is 24.0 Å². The Kier molecular flexibility index (Phi) is 5.87. The van der Waals surface area contributed by atoms with Gasteiger partial charge in [-0.1, -0.05) is 12.2 Å². The lowest BCUT2D eigenvalue weighted by Gasteiger charge is -1.98. The lowest BCUT2D eigenvalue weighted by molar-refractivity contribution is -0.00000322.